The third-order valence-electron chi connectivity index (χ3n) is 4.57. The van der Waals surface area contributed by atoms with Crippen LogP contribution in [0.4, 0.5) is 11.6 Å². The maximum atomic E-state index is 12.5. The molecular weight excluding hydrogens is 396 g/mol. The molecular formula is C19H16N4O5S. The number of amides is 2. The van der Waals surface area contributed by atoms with Gasteiger partial charge in [-0.1, -0.05) is 12.1 Å². The highest BCUT2D eigenvalue weighted by Gasteiger charge is 2.37. The number of aromatic nitrogens is 1. The standard InChI is InChI=1S/C19H16N4O5S/c1-11-20-15(10-29-11)12-3-2-4-14(7-12)21-18(24)13-8-22(9-13)19(25)16-5-6-17(28-16)23(26)27/h2-7,10,13H,8-9H2,1H3,(H,21,24). The lowest BCUT2D eigenvalue weighted by Crippen LogP contribution is -2.54. The van der Waals surface area contributed by atoms with E-state index in [1.807, 2.05) is 30.5 Å². The maximum Gasteiger partial charge on any atom is 0.433 e. The Kier molecular flexibility index (Phi) is 4.85. The van der Waals surface area contributed by atoms with Gasteiger partial charge in [0.15, 0.2) is 5.76 Å². The summed E-state index contributed by atoms with van der Waals surface area (Å²) < 4.78 is 4.92. The zero-order chi connectivity index (χ0) is 20.5. The number of carbonyl (C=O) groups is 2. The van der Waals surface area contributed by atoms with Crippen molar-refractivity contribution in [1.82, 2.24) is 9.88 Å². The molecule has 10 heteroatoms. The van der Waals surface area contributed by atoms with Crippen LogP contribution in [-0.2, 0) is 4.79 Å². The van der Waals surface area contributed by atoms with Crippen LogP contribution in [0.3, 0.4) is 0 Å². The first-order valence-corrected chi connectivity index (χ1v) is 9.65. The van der Waals surface area contributed by atoms with Gasteiger partial charge in [0, 0.05) is 29.7 Å². The second kappa shape index (κ2) is 7.47. The number of furan rings is 1. The number of hydrogen-bond acceptors (Lipinski definition) is 7. The average molecular weight is 412 g/mol. The summed E-state index contributed by atoms with van der Waals surface area (Å²) in [4.78, 5) is 40.5. The molecule has 1 aliphatic rings. The number of nitrogens with one attached hydrogen (secondary N) is 1. The van der Waals surface area contributed by atoms with Gasteiger partial charge in [-0.05, 0) is 25.1 Å². The monoisotopic (exact) mass is 412 g/mol. The molecule has 3 heterocycles. The van der Waals surface area contributed by atoms with Gasteiger partial charge in [0.25, 0.3) is 5.91 Å². The van der Waals surface area contributed by atoms with E-state index in [0.717, 1.165) is 22.3 Å². The Bertz CT molecular complexity index is 1100. The van der Waals surface area contributed by atoms with Crippen LogP contribution in [0, 0.1) is 23.0 Å². The van der Waals surface area contributed by atoms with Crippen molar-refractivity contribution in [1.29, 1.82) is 0 Å². The molecule has 1 fully saturated rings. The summed E-state index contributed by atoms with van der Waals surface area (Å²) >= 11 is 1.56. The van der Waals surface area contributed by atoms with E-state index in [-0.39, 0.29) is 30.7 Å². The molecule has 2 aromatic heterocycles. The maximum absolute atomic E-state index is 12.5. The highest BCUT2D eigenvalue weighted by molar-refractivity contribution is 7.09. The average Bonchev–Trinajstić information content (AvgIpc) is 3.30. The highest BCUT2D eigenvalue weighted by Crippen LogP contribution is 2.26. The van der Waals surface area contributed by atoms with Gasteiger partial charge >= 0.3 is 5.88 Å². The molecule has 29 heavy (non-hydrogen) atoms. The molecule has 2 amide bonds. The molecule has 0 unspecified atom stereocenters. The zero-order valence-electron chi connectivity index (χ0n) is 15.3. The Hall–Kier alpha value is -3.53. The van der Waals surface area contributed by atoms with Crippen LogP contribution in [0.5, 0.6) is 0 Å². The van der Waals surface area contributed by atoms with Crippen molar-refractivity contribution in [2.45, 2.75) is 6.92 Å². The Morgan fingerprint density at radius 3 is 2.76 bits per heavy atom. The summed E-state index contributed by atoms with van der Waals surface area (Å²) in [5.41, 5.74) is 2.43. The fourth-order valence-corrected chi connectivity index (χ4v) is 3.63. The second-order valence-electron chi connectivity index (χ2n) is 6.62. The van der Waals surface area contributed by atoms with Crippen molar-refractivity contribution in [3.8, 4) is 11.3 Å². The number of benzene rings is 1. The summed E-state index contributed by atoms with van der Waals surface area (Å²) in [6.07, 6.45) is 0. The molecule has 0 aliphatic carbocycles. The lowest BCUT2D eigenvalue weighted by Gasteiger charge is -2.37. The van der Waals surface area contributed by atoms with Gasteiger partial charge in [-0.2, -0.15) is 0 Å². The van der Waals surface area contributed by atoms with Crippen molar-refractivity contribution < 1.29 is 18.9 Å². The third kappa shape index (κ3) is 3.87. The van der Waals surface area contributed by atoms with Crippen LogP contribution in [0.2, 0.25) is 0 Å². The molecule has 1 N–H and O–H groups in total. The van der Waals surface area contributed by atoms with Crippen molar-refractivity contribution in [2.24, 2.45) is 5.92 Å². The molecule has 0 atom stereocenters. The van der Waals surface area contributed by atoms with E-state index in [4.69, 9.17) is 4.42 Å². The second-order valence-corrected chi connectivity index (χ2v) is 7.69. The van der Waals surface area contributed by atoms with Crippen molar-refractivity contribution in [3.05, 3.63) is 62.7 Å². The van der Waals surface area contributed by atoms with Crippen LogP contribution < -0.4 is 5.32 Å². The summed E-state index contributed by atoms with van der Waals surface area (Å²) in [6, 6.07) is 9.82. The zero-order valence-corrected chi connectivity index (χ0v) is 16.1. The third-order valence-corrected chi connectivity index (χ3v) is 5.34. The summed E-state index contributed by atoms with van der Waals surface area (Å²) in [5, 5.41) is 16.4. The predicted molar refractivity (Wildman–Crippen MR) is 106 cm³/mol. The van der Waals surface area contributed by atoms with Gasteiger partial charge in [-0.15, -0.1) is 11.3 Å². The van der Waals surface area contributed by atoms with Gasteiger partial charge in [0.05, 0.1) is 22.7 Å². The van der Waals surface area contributed by atoms with E-state index in [9.17, 15) is 19.7 Å². The lowest BCUT2D eigenvalue weighted by molar-refractivity contribution is -0.402. The number of nitro groups is 1. The van der Waals surface area contributed by atoms with E-state index in [0.29, 0.717) is 5.69 Å². The number of anilines is 1. The fraction of sp³-hybridized carbons (Fsp3) is 0.211. The minimum atomic E-state index is -0.704. The van der Waals surface area contributed by atoms with Crippen molar-refractivity contribution in [3.63, 3.8) is 0 Å². The molecule has 3 aromatic rings. The molecule has 9 nitrogen and oxygen atoms in total. The molecule has 1 aliphatic heterocycles. The number of rotatable bonds is 5. The Labute approximate surface area is 169 Å². The normalized spacial score (nSPS) is 13.8. The van der Waals surface area contributed by atoms with Crippen LogP contribution in [0.15, 0.2) is 46.2 Å². The van der Waals surface area contributed by atoms with Crippen LogP contribution >= 0.6 is 11.3 Å². The predicted octanol–water partition coefficient (Wildman–Crippen LogP) is 3.33. The number of carbonyl (C=O) groups excluding carboxylic acids is 2. The molecule has 1 saturated heterocycles. The highest BCUT2D eigenvalue weighted by atomic mass is 32.1. The first-order chi connectivity index (χ1) is 13.9. The largest absolute Gasteiger partial charge is 0.433 e. The van der Waals surface area contributed by atoms with Crippen molar-refractivity contribution >= 4 is 34.7 Å². The molecule has 0 radical (unpaired) electrons. The molecule has 0 bridgehead atoms. The Morgan fingerprint density at radius 1 is 1.31 bits per heavy atom. The summed E-state index contributed by atoms with van der Waals surface area (Å²) in [5.74, 6) is -1.61. The Morgan fingerprint density at radius 2 is 2.10 bits per heavy atom. The molecule has 0 spiro atoms. The smallest absolute Gasteiger partial charge is 0.395 e. The molecule has 4 rings (SSSR count). The Balaban J connectivity index is 1.35. The van der Waals surface area contributed by atoms with Gasteiger partial charge < -0.3 is 14.6 Å². The van der Waals surface area contributed by atoms with Gasteiger partial charge in [-0.25, -0.2) is 4.98 Å². The SMILES string of the molecule is Cc1nc(-c2cccc(NC(=O)C3CN(C(=O)c4ccc([N+](=O)[O-])o4)C3)c2)cs1. The first-order valence-electron chi connectivity index (χ1n) is 8.77. The quantitative estimate of drug-likeness (QED) is 0.507. The first kappa shape index (κ1) is 18.8. The van der Waals surface area contributed by atoms with E-state index in [1.165, 1.54) is 11.0 Å². The van der Waals surface area contributed by atoms with Gasteiger partial charge in [0.1, 0.15) is 4.92 Å². The summed E-state index contributed by atoms with van der Waals surface area (Å²) in [7, 11) is 0. The van der Waals surface area contributed by atoms with E-state index < -0.39 is 16.7 Å². The van der Waals surface area contributed by atoms with E-state index in [1.54, 1.807) is 17.4 Å². The molecule has 0 saturated carbocycles. The molecule has 148 valence electrons. The number of nitrogens with zero attached hydrogens (tertiary/aromatic N) is 3. The lowest BCUT2D eigenvalue weighted by atomic mass is 9.98. The topological polar surface area (TPSA) is 119 Å². The minimum absolute atomic E-state index is 0.109. The van der Waals surface area contributed by atoms with Crippen molar-refractivity contribution in [2.75, 3.05) is 18.4 Å². The van der Waals surface area contributed by atoms with Crippen LogP contribution in [-0.4, -0.2) is 39.7 Å². The summed E-state index contributed by atoms with van der Waals surface area (Å²) in [6.45, 7) is 2.39. The number of aryl methyl sites for hydroxylation is 1. The minimum Gasteiger partial charge on any atom is -0.395 e. The number of hydrogen-bond donors (Lipinski definition) is 1. The number of likely N-dealkylation sites (tertiary alicyclic amines) is 1. The fourth-order valence-electron chi connectivity index (χ4n) is 3.00. The van der Waals surface area contributed by atoms with Gasteiger partial charge in [-0.3, -0.25) is 19.7 Å². The van der Waals surface area contributed by atoms with E-state index >= 15 is 0 Å². The number of thiazole rings is 1. The van der Waals surface area contributed by atoms with Gasteiger partial charge in [0.2, 0.25) is 5.91 Å². The van der Waals surface area contributed by atoms with Crippen LogP contribution in [0.25, 0.3) is 11.3 Å². The van der Waals surface area contributed by atoms with Crippen LogP contribution in [0.1, 0.15) is 15.6 Å². The van der Waals surface area contributed by atoms with E-state index in [2.05, 4.69) is 10.3 Å². The molecule has 1 aromatic carbocycles.